The van der Waals surface area contributed by atoms with E-state index >= 15 is 0 Å². The van der Waals surface area contributed by atoms with Crippen molar-refractivity contribution in [3.63, 3.8) is 0 Å². The molecule has 0 fully saturated rings. The Labute approximate surface area is 804 Å². The van der Waals surface area contributed by atoms with Crippen LogP contribution < -0.4 is 0 Å². The second-order valence-electron chi connectivity index (χ2n) is 36.9. The third-order valence-electron chi connectivity index (χ3n) is 27.9. The van der Waals surface area contributed by atoms with Crippen LogP contribution in [0.3, 0.4) is 0 Å². The zero-order chi connectivity index (χ0) is 90.9. The molecular weight excluding hydrogens is 1710 g/mol. The standard InChI is InChI=1S/C47H29NS.C45H27NS.C39H29NS/c1-2-11-30(12-3-1)31-23-25-32(26-24-31)35-19-9-21-42-43-22-10-20-36(47(43)49-46(35)42)33-13-8-14-34(29-33)44-28-27-41-39-17-5-4-15-37(39)38-16-6-7-18-40(38)45(41)48-44;1-2-15-31-28(11-1)12-8-21-33(31)39-22-10-24-41-40-23-9-20-32(44(40)47-45(39)41)29-13-7-14-30(27-29)42-26-25-38-36-18-4-3-16-34(36)35-17-5-6-19-37(35)43(38)46-42;1-39(2,3)34-20-10-19-33-32-18-9-17-26(37(32)41-38(33)34)24-11-8-12-25(23-24)35-22-21-31-29-15-5-4-13-27(29)28-14-6-7-16-30(28)36(31)40-35/h1-29H;1-27H;4-23H,1-3H3. The van der Waals surface area contributed by atoms with Gasteiger partial charge in [0.2, 0.25) is 0 Å². The molecule has 28 rings (SSSR count). The van der Waals surface area contributed by atoms with Crippen molar-refractivity contribution in [2.45, 2.75) is 26.2 Å². The van der Waals surface area contributed by atoms with Crippen LogP contribution in [0.15, 0.2) is 461 Å². The molecule has 0 saturated heterocycles. The average molecular weight is 1800 g/mol. The topological polar surface area (TPSA) is 38.7 Å². The zero-order valence-electron chi connectivity index (χ0n) is 75.4. The molecule has 0 aliphatic carbocycles. The van der Waals surface area contributed by atoms with Gasteiger partial charge in [0.25, 0.3) is 0 Å². The van der Waals surface area contributed by atoms with E-state index in [4.69, 9.17) is 15.0 Å². The third-order valence-corrected chi connectivity index (χ3v) is 31.8. The van der Waals surface area contributed by atoms with Gasteiger partial charge in [-0.15, -0.1) is 34.0 Å². The Balaban J connectivity index is 0.000000107. The fraction of sp³-hybridized carbons (Fsp3) is 0.0305. The Morgan fingerprint density at radius 2 is 0.387 bits per heavy atom. The number of hydrogen-bond acceptors (Lipinski definition) is 6. The van der Waals surface area contributed by atoms with E-state index in [1.54, 1.807) is 0 Å². The Morgan fingerprint density at radius 3 is 0.766 bits per heavy atom. The van der Waals surface area contributed by atoms with Crippen LogP contribution >= 0.6 is 34.0 Å². The number of aromatic nitrogens is 3. The number of fused-ring (bicyclic) bond motifs is 28. The van der Waals surface area contributed by atoms with Crippen molar-refractivity contribution in [3.8, 4) is 101 Å². The van der Waals surface area contributed by atoms with E-state index < -0.39 is 0 Å². The Bertz CT molecular complexity index is 9690. The van der Waals surface area contributed by atoms with E-state index in [0.29, 0.717) is 0 Å². The van der Waals surface area contributed by atoms with Crippen molar-refractivity contribution in [1.29, 1.82) is 0 Å². The molecule has 0 saturated carbocycles. The van der Waals surface area contributed by atoms with E-state index in [9.17, 15) is 0 Å². The lowest BCUT2D eigenvalue weighted by molar-refractivity contribution is 0.597. The molecule has 6 aromatic heterocycles. The van der Waals surface area contributed by atoms with Gasteiger partial charge in [0.15, 0.2) is 0 Å². The first-order valence-corrected chi connectivity index (χ1v) is 49.4. The predicted molar refractivity (Wildman–Crippen MR) is 594 cm³/mol. The van der Waals surface area contributed by atoms with Gasteiger partial charge in [-0.05, 0) is 186 Å². The number of rotatable bonds is 9. The molecule has 0 unspecified atom stereocenters. The van der Waals surface area contributed by atoms with Gasteiger partial charge in [-0.25, -0.2) is 15.0 Å². The summed E-state index contributed by atoms with van der Waals surface area (Å²) in [6.07, 6.45) is 0. The highest BCUT2D eigenvalue weighted by molar-refractivity contribution is 7.27. The molecule has 6 heteroatoms. The molecule has 0 atom stereocenters. The van der Waals surface area contributed by atoms with E-state index in [-0.39, 0.29) is 5.41 Å². The summed E-state index contributed by atoms with van der Waals surface area (Å²) in [6.45, 7) is 6.91. The maximum Gasteiger partial charge on any atom is 0.0794 e. The fourth-order valence-electron chi connectivity index (χ4n) is 21.4. The molecule has 0 amide bonds. The van der Waals surface area contributed by atoms with Crippen LogP contribution in [0.4, 0.5) is 0 Å². The van der Waals surface area contributed by atoms with Crippen LogP contribution in [0.25, 0.3) is 269 Å². The number of benzene rings is 22. The van der Waals surface area contributed by atoms with Gasteiger partial charge >= 0.3 is 0 Å². The summed E-state index contributed by atoms with van der Waals surface area (Å²) in [5.41, 5.74) is 26.0. The van der Waals surface area contributed by atoms with Gasteiger partial charge in [0.1, 0.15) is 0 Å². The lowest BCUT2D eigenvalue weighted by Crippen LogP contribution is -2.10. The van der Waals surface area contributed by atoms with E-state index in [2.05, 4.69) is 482 Å². The number of pyridine rings is 3. The molecule has 6 heterocycles. The molecule has 642 valence electrons. The average Bonchev–Trinajstić information content (AvgIpc) is 1.65. The minimum atomic E-state index is 0.0950. The molecule has 0 aliphatic heterocycles. The summed E-state index contributed by atoms with van der Waals surface area (Å²) in [5.74, 6) is 0. The number of hydrogen-bond donors (Lipinski definition) is 0. The smallest absolute Gasteiger partial charge is 0.0794 e. The van der Waals surface area contributed by atoms with E-state index in [0.717, 1.165) is 50.3 Å². The minimum Gasteiger partial charge on any atom is -0.247 e. The zero-order valence-corrected chi connectivity index (χ0v) is 77.9. The maximum atomic E-state index is 5.33. The highest BCUT2D eigenvalue weighted by Crippen LogP contribution is 2.51. The highest BCUT2D eigenvalue weighted by Gasteiger charge is 2.25. The van der Waals surface area contributed by atoms with Gasteiger partial charge in [0.05, 0.1) is 33.6 Å². The first-order valence-electron chi connectivity index (χ1n) is 47.0. The molecule has 3 nitrogen and oxygen atoms in total. The molecule has 0 bridgehead atoms. The summed E-state index contributed by atoms with van der Waals surface area (Å²) < 4.78 is 8.03. The summed E-state index contributed by atoms with van der Waals surface area (Å²) in [6, 6.07) is 167. The molecule has 0 spiro atoms. The quantitative estimate of drug-likeness (QED) is 0.135. The van der Waals surface area contributed by atoms with Gasteiger partial charge < -0.3 is 0 Å². The number of nitrogens with zero attached hydrogens (tertiary/aromatic N) is 3. The Morgan fingerprint density at radius 1 is 0.153 bits per heavy atom. The van der Waals surface area contributed by atoms with Crippen molar-refractivity contribution in [1.82, 2.24) is 15.0 Å². The first-order chi connectivity index (χ1) is 67.6. The molecule has 0 radical (unpaired) electrons. The van der Waals surface area contributed by atoms with Gasteiger partial charge in [-0.2, -0.15) is 0 Å². The van der Waals surface area contributed by atoms with E-state index in [1.165, 1.54) is 224 Å². The highest BCUT2D eigenvalue weighted by atomic mass is 32.1. The van der Waals surface area contributed by atoms with Gasteiger partial charge in [0, 0.05) is 115 Å². The lowest BCUT2D eigenvalue weighted by Gasteiger charge is -2.19. The first kappa shape index (κ1) is 81.3. The summed E-state index contributed by atoms with van der Waals surface area (Å²) in [4.78, 5) is 16.0. The molecule has 22 aromatic carbocycles. The molecule has 137 heavy (non-hydrogen) atoms. The summed E-state index contributed by atoms with van der Waals surface area (Å²) in [7, 11) is 0. The van der Waals surface area contributed by atoms with Crippen molar-refractivity contribution in [2.24, 2.45) is 0 Å². The van der Waals surface area contributed by atoms with Crippen LogP contribution in [0, 0.1) is 0 Å². The van der Waals surface area contributed by atoms with Crippen molar-refractivity contribution >= 4 is 203 Å². The normalized spacial score (nSPS) is 11.9. The van der Waals surface area contributed by atoms with Crippen LogP contribution in [0.1, 0.15) is 26.3 Å². The Hall–Kier alpha value is -16.5. The number of thiophene rings is 3. The van der Waals surface area contributed by atoms with Crippen LogP contribution in [-0.2, 0) is 5.41 Å². The second-order valence-corrected chi connectivity index (χ2v) is 40.0. The molecular formula is C131H85N3S3. The monoisotopic (exact) mass is 1800 g/mol. The SMILES string of the molecule is CC(C)(C)c1cccc2c1sc1c(-c3cccc(-c4ccc5c6ccccc6c6ccccc6c5n4)c3)cccc12.c1cc(-c2ccc3c4ccccc4c4ccccc4c3n2)cc(-c2cccc3c2sc2c(-c4cccc5ccccc45)cccc23)c1.c1ccc(-c2ccc(-c3cccc4c3sc3c(-c5cccc(-c6ccc7c8ccccc8c8ccccc8c7n6)c5)cccc34)cc2)cc1. The Kier molecular flexibility index (Phi) is 19.8. The predicted octanol–water partition coefficient (Wildman–Crippen LogP) is 38.2. The molecule has 28 aromatic rings. The molecule has 0 N–H and O–H groups in total. The van der Waals surface area contributed by atoms with Gasteiger partial charge in [-0.1, -0.05) is 427 Å². The van der Waals surface area contributed by atoms with E-state index in [1.807, 2.05) is 34.0 Å². The van der Waals surface area contributed by atoms with Crippen LogP contribution in [0.5, 0.6) is 0 Å². The van der Waals surface area contributed by atoms with Crippen molar-refractivity contribution < 1.29 is 0 Å². The minimum absolute atomic E-state index is 0.0950. The van der Waals surface area contributed by atoms with Crippen LogP contribution in [0.2, 0.25) is 0 Å². The van der Waals surface area contributed by atoms with Crippen LogP contribution in [-0.4, -0.2) is 15.0 Å². The molecule has 0 aliphatic rings. The van der Waals surface area contributed by atoms with Crippen molar-refractivity contribution in [2.75, 3.05) is 0 Å². The summed E-state index contributed by atoms with van der Waals surface area (Å²) >= 11 is 5.73. The second kappa shape index (κ2) is 33.3. The maximum absolute atomic E-state index is 5.33. The van der Waals surface area contributed by atoms with Gasteiger partial charge in [-0.3, -0.25) is 0 Å². The lowest BCUT2D eigenvalue weighted by atomic mass is 9.86. The van der Waals surface area contributed by atoms with Crippen molar-refractivity contribution in [3.05, 3.63) is 467 Å². The fourth-order valence-corrected chi connectivity index (χ4v) is 25.7. The largest absolute Gasteiger partial charge is 0.247 e. The third kappa shape index (κ3) is 14.0. The summed E-state index contributed by atoms with van der Waals surface area (Å²) in [5, 5.41) is 28.9.